The second kappa shape index (κ2) is 17.5. The first-order valence-electron chi connectivity index (χ1n) is 19.9. The standard InChI is InChI=1S/C41H61NO14/c1-12-28(49-26-17-15-14-16-18-26)36(45)51-32-24(6)33(53-37-30(43)27(42(10)11)19-22(4)48-37)40(8)20-21(3)31(52-38(46)55-40)23(5)34-41(9,56-39(47)54-34)29(13-2)50-35(44)25(32)7/h14-18,21-25,27-34,37,43H,12-13,19-20H2,1-11H3/t21-,22+,23+,24+,25-,27-,28?,29-,30+,31?,32+,33-,34-,37-,40-,41-/m1/s1. The van der Waals surface area contributed by atoms with Crippen LogP contribution in [0.15, 0.2) is 30.3 Å². The molecule has 15 heteroatoms. The second-order valence-electron chi connectivity index (χ2n) is 16.7. The van der Waals surface area contributed by atoms with Gasteiger partial charge in [-0.25, -0.2) is 14.4 Å². The van der Waals surface area contributed by atoms with E-state index in [0.29, 0.717) is 12.2 Å². The highest BCUT2D eigenvalue weighted by atomic mass is 16.8. The van der Waals surface area contributed by atoms with Crippen molar-refractivity contribution in [2.45, 2.75) is 160 Å². The average molecular weight is 792 g/mol. The van der Waals surface area contributed by atoms with Gasteiger partial charge >= 0.3 is 24.2 Å². The third kappa shape index (κ3) is 8.90. The Bertz CT molecular complexity index is 1540. The first-order valence-corrected chi connectivity index (χ1v) is 19.9. The van der Waals surface area contributed by atoms with Crippen molar-refractivity contribution in [2.75, 3.05) is 14.1 Å². The molecular weight excluding hydrogens is 730 g/mol. The van der Waals surface area contributed by atoms with Crippen LogP contribution in [0.25, 0.3) is 0 Å². The Hall–Kier alpha value is -3.66. The lowest BCUT2D eigenvalue weighted by Crippen LogP contribution is -2.60. The molecule has 0 aliphatic carbocycles. The number of aliphatic hydroxyl groups excluding tert-OH is 1. The zero-order valence-corrected chi connectivity index (χ0v) is 34.5. The molecule has 0 radical (unpaired) electrons. The van der Waals surface area contributed by atoms with Crippen LogP contribution in [0, 0.1) is 23.7 Å². The number of rotatable bonds is 9. The van der Waals surface area contributed by atoms with Gasteiger partial charge in [0, 0.05) is 17.9 Å². The molecule has 4 heterocycles. The fraction of sp³-hybridized carbons (Fsp3) is 0.756. The number of benzene rings is 1. The minimum atomic E-state index is -1.51. The van der Waals surface area contributed by atoms with E-state index in [1.54, 1.807) is 72.7 Å². The zero-order valence-electron chi connectivity index (χ0n) is 34.5. The Morgan fingerprint density at radius 3 is 2.23 bits per heavy atom. The molecule has 16 atom stereocenters. The maximum absolute atomic E-state index is 14.4. The molecule has 5 rings (SSSR count). The number of para-hydroxylation sites is 1. The van der Waals surface area contributed by atoms with Gasteiger partial charge in [0.2, 0.25) is 0 Å². The van der Waals surface area contributed by atoms with E-state index in [1.165, 1.54) is 0 Å². The molecule has 0 saturated carbocycles. The molecular formula is C41H61NO14. The summed E-state index contributed by atoms with van der Waals surface area (Å²) < 4.78 is 55.3. The molecule has 1 N–H and O–H groups in total. The largest absolute Gasteiger partial charge is 0.509 e. The van der Waals surface area contributed by atoms with Crippen molar-refractivity contribution >= 4 is 24.2 Å². The molecule has 0 spiro atoms. The lowest BCUT2D eigenvalue weighted by Gasteiger charge is -2.47. The van der Waals surface area contributed by atoms with Crippen molar-refractivity contribution in [3.8, 4) is 5.75 Å². The highest BCUT2D eigenvalue weighted by Gasteiger charge is 2.61. The number of likely N-dealkylation sites (N-methyl/N-ethyl adjacent to an activating group) is 1. The molecule has 56 heavy (non-hydrogen) atoms. The number of esters is 2. The number of carbonyl (C=O) groups excluding carboxylic acids is 4. The van der Waals surface area contributed by atoms with Gasteiger partial charge in [-0.05, 0) is 85.5 Å². The van der Waals surface area contributed by atoms with Crippen LogP contribution in [-0.4, -0.2) is 121 Å². The SMILES string of the molecule is CCC(Oc1ccccc1)C(=O)O[C@H]1[C@H](C)[C@@H](O[C@H]2O[C@@H](C)C[C@@H](N(C)C)[C@@H]2O)[C@@]2(C)C[C@@H](C)C(OC(=O)O2)[C@H](C)[C@H]2OC(=O)O[C@]2(C)[C@@H](CC)OC(=O)[C@@H]1C. The number of hydrogen-bond acceptors (Lipinski definition) is 15. The fourth-order valence-electron chi connectivity index (χ4n) is 9.19. The van der Waals surface area contributed by atoms with Crippen molar-refractivity contribution in [1.82, 2.24) is 4.90 Å². The van der Waals surface area contributed by atoms with Gasteiger partial charge in [0.05, 0.1) is 12.0 Å². The number of aliphatic hydroxyl groups is 1. The van der Waals surface area contributed by atoms with Crippen molar-refractivity contribution in [3.63, 3.8) is 0 Å². The Morgan fingerprint density at radius 1 is 0.946 bits per heavy atom. The average Bonchev–Trinajstić information content (AvgIpc) is 3.40. The van der Waals surface area contributed by atoms with E-state index in [0.717, 1.165) is 0 Å². The summed E-state index contributed by atoms with van der Waals surface area (Å²) >= 11 is 0. The molecule has 4 aliphatic rings. The molecule has 4 saturated heterocycles. The number of fused-ring (bicyclic) bond motifs is 4. The van der Waals surface area contributed by atoms with Gasteiger partial charge in [-0.2, -0.15) is 0 Å². The number of cyclic esters (lactones) is 1. The summed E-state index contributed by atoms with van der Waals surface area (Å²) in [5.74, 6) is -4.17. The Balaban J connectivity index is 1.64. The quantitative estimate of drug-likeness (QED) is 0.248. The van der Waals surface area contributed by atoms with Gasteiger partial charge < -0.3 is 52.6 Å². The molecule has 4 aliphatic heterocycles. The van der Waals surface area contributed by atoms with Crippen molar-refractivity contribution in [2.24, 2.45) is 23.7 Å². The second-order valence-corrected chi connectivity index (χ2v) is 16.7. The van der Waals surface area contributed by atoms with Crippen LogP contribution in [0.2, 0.25) is 0 Å². The summed E-state index contributed by atoms with van der Waals surface area (Å²) in [6.07, 6.45) is -9.76. The van der Waals surface area contributed by atoms with Crippen LogP contribution < -0.4 is 4.74 Å². The maximum Gasteiger partial charge on any atom is 0.509 e. The van der Waals surface area contributed by atoms with E-state index in [1.807, 2.05) is 38.9 Å². The topological polar surface area (TPSA) is 175 Å². The molecule has 15 nitrogen and oxygen atoms in total. The van der Waals surface area contributed by atoms with Crippen LogP contribution in [0.4, 0.5) is 9.59 Å². The summed E-state index contributed by atoms with van der Waals surface area (Å²) in [6.45, 7) is 15.7. The summed E-state index contributed by atoms with van der Waals surface area (Å²) in [7, 11) is 3.71. The lowest BCUT2D eigenvalue weighted by molar-refractivity contribution is -0.299. The Morgan fingerprint density at radius 2 is 1.61 bits per heavy atom. The molecule has 2 bridgehead atoms. The maximum atomic E-state index is 14.4. The van der Waals surface area contributed by atoms with E-state index in [2.05, 4.69) is 0 Å². The van der Waals surface area contributed by atoms with E-state index >= 15 is 0 Å². The summed E-state index contributed by atoms with van der Waals surface area (Å²) in [5, 5.41) is 11.6. The monoisotopic (exact) mass is 791 g/mol. The normalized spacial score (nSPS) is 41.1. The van der Waals surface area contributed by atoms with Gasteiger partial charge in [-0.1, -0.05) is 52.8 Å². The highest BCUT2D eigenvalue weighted by molar-refractivity contribution is 5.77. The van der Waals surface area contributed by atoms with Gasteiger partial charge in [0.15, 0.2) is 24.1 Å². The van der Waals surface area contributed by atoms with Crippen LogP contribution in [0.5, 0.6) is 5.75 Å². The molecule has 314 valence electrons. The van der Waals surface area contributed by atoms with E-state index in [4.69, 9.17) is 42.6 Å². The summed E-state index contributed by atoms with van der Waals surface area (Å²) in [5.41, 5.74) is -2.98. The van der Waals surface area contributed by atoms with Crippen LogP contribution in [0.3, 0.4) is 0 Å². The molecule has 2 unspecified atom stereocenters. The Labute approximate surface area is 329 Å². The molecule has 0 amide bonds. The van der Waals surface area contributed by atoms with Gasteiger partial charge in [0.1, 0.15) is 41.9 Å². The summed E-state index contributed by atoms with van der Waals surface area (Å²) in [6, 6.07) is 8.49. The van der Waals surface area contributed by atoms with E-state index < -0.39 is 108 Å². The molecule has 0 aromatic heterocycles. The molecule has 4 fully saturated rings. The number of carbonyl (C=O) groups is 4. The molecule has 1 aromatic carbocycles. The van der Waals surface area contributed by atoms with Crippen LogP contribution >= 0.6 is 0 Å². The van der Waals surface area contributed by atoms with Gasteiger partial charge in [-0.3, -0.25) is 4.79 Å². The van der Waals surface area contributed by atoms with E-state index in [9.17, 15) is 24.3 Å². The first kappa shape index (κ1) is 43.5. The predicted molar refractivity (Wildman–Crippen MR) is 199 cm³/mol. The van der Waals surface area contributed by atoms with Crippen molar-refractivity contribution in [3.05, 3.63) is 30.3 Å². The first-order chi connectivity index (χ1) is 26.3. The summed E-state index contributed by atoms with van der Waals surface area (Å²) in [4.78, 5) is 57.0. The number of ether oxygens (including phenoxy) is 9. The minimum Gasteiger partial charge on any atom is -0.479 e. The zero-order chi connectivity index (χ0) is 41.3. The number of nitrogens with zero attached hydrogens (tertiary/aromatic N) is 1. The lowest BCUT2D eigenvalue weighted by atomic mass is 9.73. The van der Waals surface area contributed by atoms with Crippen LogP contribution in [-0.2, 0) is 47.5 Å². The van der Waals surface area contributed by atoms with Crippen molar-refractivity contribution < 1.29 is 66.9 Å². The highest BCUT2D eigenvalue weighted by Crippen LogP contribution is 2.46. The smallest absolute Gasteiger partial charge is 0.479 e. The van der Waals surface area contributed by atoms with Crippen molar-refractivity contribution in [1.29, 1.82) is 0 Å². The minimum absolute atomic E-state index is 0.155. The molecule has 1 aromatic rings. The fourth-order valence-corrected chi connectivity index (χ4v) is 9.19. The van der Waals surface area contributed by atoms with Gasteiger partial charge in [0.25, 0.3) is 0 Å². The van der Waals surface area contributed by atoms with E-state index in [-0.39, 0.29) is 31.4 Å². The third-order valence-corrected chi connectivity index (χ3v) is 12.1. The number of hydrogen-bond donors (Lipinski definition) is 1. The third-order valence-electron chi connectivity index (χ3n) is 12.1. The van der Waals surface area contributed by atoms with Crippen LogP contribution in [0.1, 0.15) is 88.0 Å². The predicted octanol–water partition coefficient (Wildman–Crippen LogP) is 5.43. The van der Waals surface area contributed by atoms with Gasteiger partial charge in [-0.15, -0.1) is 0 Å². The Kier molecular flexibility index (Phi) is 13.5.